The van der Waals surface area contributed by atoms with Crippen LogP contribution in [0, 0.1) is 5.82 Å². The van der Waals surface area contributed by atoms with Crippen molar-refractivity contribution >= 4 is 22.9 Å². The number of rotatable bonds is 5. The Hall–Kier alpha value is -2.56. The summed E-state index contributed by atoms with van der Waals surface area (Å²) in [6, 6.07) is 6.78. The Morgan fingerprint density at radius 2 is 2.04 bits per heavy atom. The molecular formula is C19H22FNO3. The van der Waals surface area contributed by atoms with Crippen LogP contribution >= 0.6 is 0 Å². The van der Waals surface area contributed by atoms with Gasteiger partial charge in [-0.05, 0) is 40.5 Å². The summed E-state index contributed by atoms with van der Waals surface area (Å²) in [4.78, 5) is 12.7. The van der Waals surface area contributed by atoms with Gasteiger partial charge < -0.3 is 14.4 Å². The molecule has 4 nitrogen and oxygen atoms in total. The van der Waals surface area contributed by atoms with Gasteiger partial charge in [-0.3, -0.25) is 0 Å². The molecule has 0 unspecified atom stereocenters. The molecule has 0 aromatic heterocycles. The lowest BCUT2D eigenvalue weighted by atomic mass is 9.92. The number of benzene rings is 2. The van der Waals surface area contributed by atoms with E-state index in [1.54, 1.807) is 26.2 Å². The van der Waals surface area contributed by atoms with Crippen LogP contribution in [0.25, 0.3) is 16.8 Å². The molecule has 0 spiro atoms. The number of nitrogens with zero attached hydrogens (tertiary/aromatic N) is 1. The Kier molecular flexibility index (Phi) is 5.44. The van der Waals surface area contributed by atoms with Crippen LogP contribution in [0.2, 0.25) is 0 Å². The monoisotopic (exact) mass is 331 g/mol. The highest BCUT2D eigenvalue weighted by Crippen LogP contribution is 2.34. The van der Waals surface area contributed by atoms with Crippen LogP contribution in [0.15, 0.2) is 30.8 Å². The molecule has 128 valence electrons. The van der Waals surface area contributed by atoms with E-state index in [2.05, 4.69) is 6.58 Å². The lowest BCUT2D eigenvalue weighted by Crippen LogP contribution is -2.24. The van der Waals surface area contributed by atoms with Gasteiger partial charge in [0, 0.05) is 19.7 Å². The van der Waals surface area contributed by atoms with E-state index in [1.807, 2.05) is 19.9 Å². The van der Waals surface area contributed by atoms with Crippen molar-refractivity contribution in [3.63, 3.8) is 0 Å². The SMILES string of the molecule is C=Cc1c(F)ccc2cc(OCOC(=O)N(C)C)cc(C(C)C)c12. The van der Waals surface area contributed by atoms with Crippen molar-refractivity contribution in [1.82, 2.24) is 4.90 Å². The molecule has 1 amide bonds. The number of halogens is 1. The first-order valence-electron chi connectivity index (χ1n) is 7.70. The molecule has 0 atom stereocenters. The van der Waals surface area contributed by atoms with E-state index in [0.717, 1.165) is 16.3 Å². The van der Waals surface area contributed by atoms with Gasteiger partial charge in [0.05, 0.1) is 0 Å². The van der Waals surface area contributed by atoms with Gasteiger partial charge in [0.2, 0.25) is 6.79 Å². The average molecular weight is 331 g/mol. The quantitative estimate of drug-likeness (QED) is 0.740. The number of hydrogen-bond acceptors (Lipinski definition) is 3. The molecular weight excluding hydrogens is 309 g/mol. The number of ether oxygens (including phenoxy) is 2. The molecule has 0 radical (unpaired) electrons. The fraction of sp³-hybridized carbons (Fsp3) is 0.316. The van der Waals surface area contributed by atoms with Gasteiger partial charge in [-0.25, -0.2) is 9.18 Å². The van der Waals surface area contributed by atoms with Crippen LogP contribution < -0.4 is 4.74 Å². The molecule has 0 aliphatic rings. The minimum atomic E-state index is -0.476. The third-order valence-electron chi connectivity index (χ3n) is 3.71. The topological polar surface area (TPSA) is 38.8 Å². The summed E-state index contributed by atoms with van der Waals surface area (Å²) < 4.78 is 24.6. The molecule has 0 saturated carbocycles. The first-order valence-corrected chi connectivity index (χ1v) is 7.70. The van der Waals surface area contributed by atoms with Gasteiger partial charge in [-0.2, -0.15) is 0 Å². The maximum absolute atomic E-state index is 14.1. The Labute approximate surface area is 141 Å². The molecule has 2 aromatic rings. The lowest BCUT2D eigenvalue weighted by molar-refractivity contribution is 0.0433. The molecule has 0 bridgehead atoms. The predicted octanol–water partition coefficient (Wildman–Crippen LogP) is 4.78. The van der Waals surface area contributed by atoms with Crippen LogP contribution in [0.1, 0.15) is 30.9 Å². The number of carbonyl (C=O) groups excluding carboxylic acids is 1. The van der Waals surface area contributed by atoms with E-state index in [0.29, 0.717) is 11.3 Å². The summed E-state index contributed by atoms with van der Waals surface area (Å²) in [5, 5.41) is 1.68. The van der Waals surface area contributed by atoms with Gasteiger partial charge in [0.1, 0.15) is 11.6 Å². The van der Waals surface area contributed by atoms with Gasteiger partial charge in [0.25, 0.3) is 0 Å². The minimum Gasteiger partial charge on any atom is -0.457 e. The molecule has 0 N–H and O–H groups in total. The summed E-state index contributed by atoms with van der Waals surface area (Å²) in [6.07, 6.45) is 1.05. The first kappa shape index (κ1) is 17.8. The minimum absolute atomic E-state index is 0.167. The zero-order valence-corrected chi connectivity index (χ0v) is 14.4. The number of amides is 1. The van der Waals surface area contributed by atoms with Gasteiger partial charge in [-0.1, -0.05) is 32.6 Å². The molecule has 2 aromatic carbocycles. The van der Waals surface area contributed by atoms with Crippen molar-refractivity contribution in [3.05, 3.63) is 47.8 Å². The van der Waals surface area contributed by atoms with E-state index < -0.39 is 6.09 Å². The smallest absolute Gasteiger partial charge is 0.412 e. The Morgan fingerprint density at radius 3 is 2.62 bits per heavy atom. The Morgan fingerprint density at radius 1 is 1.33 bits per heavy atom. The van der Waals surface area contributed by atoms with Crippen molar-refractivity contribution in [2.24, 2.45) is 0 Å². The summed E-state index contributed by atoms with van der Waals surface area (Å²) in [6.45, 7) is 7.59. The third-order valence-corrected chi connectivity index (χ3v) is 3.71. The molecule has 2 rings (SSSR count). The van der Waals surface area contributed by atoms with Gasteiger partial charge in [-0.15, -0.1) is 0 Å². The predicted molar refractivity (Wildman–Crippen MR) is 93.7 cm³/mol. The number of hydrogen-bond donors (Lipinski definition) is 0. The zero-order chi connectivity index (χ0) is 17.9. The van der Waals surface area contributed by atoms with Crippen molar-refractivity contribution in [3.8, 4) is 5.75 Å². The fourth-order valence-corrected chi connectivity index (χ4v) is 2.49. The second-order valence-electron chi connectivity index (χ2n) is 6.00. The van der Waals surface area contributed by atoms with Crippen LogP contribution in [0.4, 0.5) is 9.18 Å². The first-order chi connectivity index (χ1) is 11.3. The standard InChI is InChI=1S/C19H22FNO3/c1-6-15-17(20)8-7-13-9-14(10-16(12(2)3)18(13)15)23-11-24-19(22)21(4)5/h6-10,12H,1,11H2,2-5H3. The van der Waals surface area contributed by atoms with E-state index in [4.69, 9.17) is 9.47 Å². The summed E-state index contributed by atoms with van der Waals surface area (Å²) in [5.74, 6) is 0.438. The molecule has 0 aliphatic heterocycles. The van der Waals surface area contributed by atoms with Crippen LogP contribution in [-0.4, -0.2) is 31.9 Å². The molecule has 0 aliphatic carbocycles. The lowest BCUT2D eigenvalue weighted by Gasteiger charge is -2.17. The van der Waals surface area contributed by atoms with Gasteiger partial charge in [0.15, 0.2) is 0 Å². The summed E-state index contributed by atoms with van der Waals surface area (Å²) >= 11 is 0. The van der Waals surface area contributed by atoms with E-state index >= 15 is 0 Å². The fourth-order valence-electron chi connectivity index (χ4n) is 2.49. The van der Waals surface area contributed by atoms with Crippen molar-refractivity contribution in [2.45, 2.75) is 19.8 Å². The zero-order valence-electron chi connectivity index (χ0n) is 14.4. The Bertz CT molecular complexity index is 769. The normalized spacial score (nSPS) is 10.8. The molecule has 24 heavy (non-hydrogen) atoms. The number of carbonyl (C=O) groups is 1. The average Bonchev–Trinajstić information content (AvgIpc) is 2.53. The summed E-state index contributed by atoms with van der Waals surface area (Å²) in [7, 11) is 3.20. The van der Waals surface area contributed by atoms with E-state index in [-0.39, 0.29) is 18.5 Å². The van der Waals surface area contributed by atoms with Crippen LogP contribution in [0.3, 0.4) is 0 Å². The largest absolute Gasteiger partial charge is 0.457 e. The second kappa shape index (κ2) is 7.34. The van der Waals surface area contributed by atoms with E-state index in [9.17, 15) is 9.18 Å². The van der Waals surface area contributed by atoms with Crippen molar-refractivity contribution in [2.75, 3.05) is 20.9 Å². The second-order valence-corrected chi connectivity index (χ2v) is 6.00. The highest BCUT2D eigenvalue weighted by molar-refractivity contribution is 5.94. The molecule has 0 fully saturated rings. The molecule has 0 saturated heterocycles. The highest BCUT2D eigenvalue weighted by atomic mass is 19.1. The molecule has 5 heteroatoms. The maximum Gasteiger partial charge on any atom is 0.412 e. The summed E-state index contributed by atoms with van der Waals surface area (Å²) in [5.41, 5.74) is 1.44. The van der Waals surface area contributed by atoms with Crippen molar-refractivity contribution in [1.29, 1.82) is 0 Å². The van der Waals surface area contributed by atoms with Gasteiger partial charge >= 0.3 is 6.09 Å². The van der Waals surface area contributed by atoms with E-state index in [1.165, 1.54) is 17.0 Å². The highest BCUT2D eigenvalue weighted by Gasteiger charge is 2.14. The Balaban J connectivity index is 2.39. The molecule has 0 heterocycles. The number of fused-ring (bicyclic) bond motifs is 1. The van der Waals surface area contributed by atoms with Crippen LogP contribution in [-0.2, 0) is 4.74 Å². The van der Waals surface area contributed by atoms with Crippen LogP contribution in [0.5, 0.6) is 5.75 Å². The maximum atomic E-state index is 14.1. The third kappa shape index (κ3) is 3.67. The van der Waals surface area contributed by atoms with Crippen molar-refractivity contribution < 1.29 is 18.7 Å².